The van der Waals surface area contributed by atoms with Gasteiger partial charge in [-0.1, -0.05) is 73.9 Å². The third kappa shape index (κ3) is 12.7. The Morgan fingerprint density at radius 2 is 0.982 bits per heavy atom. The number of aliphatic carboxylic acids is 2. The Kier molecular flexibility index (Phi) is 16.8. The summed E-state index contributed by atoms with van der Waals surface area (Å²) in [5, 5.41) is 26.6. The maximum Gasteiger partial charge on any atom is 2.00 e. The summed E-state index contributed by atoms with van der Waals surface area (Å²) in [7, 11) is 0. The number of anilines is 2. The van der Waals surface area contributed by atoms with Crippen molar-refractivity contribution in [1.82, 2.24) is 28.7 Å². The molecule has 2 aliphatic rings. The molecule has 0 aromatic carbocycles. The van der Waals surface area contributed by atoms with Crippen LogP contribution in [0.2, 0.25) is 10.0 Å². The van der Waals surface area contributed by atoms with Gasteiger partial charge >= 0.3 is 17.1 Å². The fraction of sp³-hybridized carbons (Fsp3) is 0.350. The van der Waals surface area contributed by atoms with E-state index >= 15 is 0 Å². The van der Waals surface area contributed by atoms with Gasteiger partial charge in [-0.05, 0) is 88.1 Å². The van der Waals surface area contributed by atoms with Crippen LogP contribution in [-0.2, 0) is 26.7 Å². The molecule has 0 spiro atoms. The zero-order valence-electron chi connectivity index (χ0n) is 30.7. The standard InChI is InChI=1S/2C18H19ClN4.2C2H4O2.Cu/c2*19-13-9-10-16-22-17(15-8-4-5-11-20-15)18(23(16)12-13)21-14-6-2-1-3-7-14;2*1-2(3)4;/h2*4-5,8-12,14,21H,1-3,6-7H2;2*1H3,(H,3,4);/q;;;;+2/p-2. The zero-order chi connectivity index (χ0) is 38.5. The Labute approximate surface area is 341 Å². The molecular formula is C40H44Cl2CuN8O4. The zero-order valence-corrected chi connectivity index (χ0v) is 33.1. The van der Waals surface area contributed by atoms with Crippen LogP contribution in [0.5, 0.6) is 0 Å². The maximum absolute atomic E-state index is 8.89. The van der Waals surface area contributed by atoms with Gasteiger partial charge in [-0.25, -0.2) is 9.97 Å². The van der Waals surface area contributed by atoms with E-state index in [1.54, 1.807) is 12.4 Å². The SMILES string of the molecule is CC(=O)[O-].CC(=O)[O-].Clc1ccc2nc(-c3ccccn3)c(NC3CCCCC3)n2c1.Clc1ccc2nc(-c3ccccn3)c(NC3CCCCC3)n2c1.[Cu+2]. The molecule has 6 aromatic heterocycles. The van der Waals surface area contributed by atoms with Gasteiger partial charge in [0.25, 0.3) is 0 Å². The molecule has 6 heterocycles. The van der Waals surface area contributed by atoms with Crippen molar-refractivity contribution in [2.45, 2.75) is 90.1 Å². The number of fused-ring (bicyclic) bond motifs is 2. The van der Waals surface area contributed by atoms with Gasteiger partial charge in [0.05, 0.1) is 21.4 Å². The van der Waals surface area contributed by atoms with Gasteiger partial charge in [-0.2, -0.15) is 0 Å². The molecule has 2 saturated carbocycles. The summed E-state index contributed by atoms with van der Waals surface area (Å²) in [5.74, 6) is -0.179. The first-order chi connectivity index (χ1) is 26.1. The Hall–Kier alpha value is -4.68. The van der Waals surface area contributed by atoms with E-state index in [4.69, 9.17) is 53.0 Å². The molecule has 2 aliphatic carbocycles. The molecule has 0 atom stereocenters. The molecule has 2 fully saturated rings. The fourth-order valence-electron chi connectivity index (χ4n) is 6.56. The Morgan fingerprint density at radius 1 is 0.618 bits per heavy atom. The number of carbonyl (C=O) groups excluding carboxylic acids is 2. The summed E-state index contributed by atoms with van der Waals surface area (Å²) in [5.41, 5.74) is 5.30. The number of hydrogen-bond acceptors (Lipinski definition) is 10. The van der Waals surface area contributed by atoms with Crippen molar-refractivity contribution in [3.05, 3.63) is 95.5 Å². The van der Waals surface area contributed by atoms with Crippen LogP contribution in [0.3, 0.4) is 0 Å². The molecule has 2 N–H and O–H groups in total. The van der Waals surface area contributed by atoms with Gasteiger partial charge in [-0.15, -0.1) is 0 Å². The van der Waals surface area contributed by atoms with Gasteiger partial charge < -0.3 is 30.4 Å². The summed E-state index contributed by atoms with van der Waals surface area (Å²) in [6.45, 7) is 1.94. The van der Waals surface area contributed by atoms with E-state index in [1.807, 2.05) is 81.9 Å². The normalized spacial score (nSPS) is 14.2. The summed E-state index contributed by atoms with van der Waals surface area (Å²) in [4.78, 5) is 36.3. The monoisotopic (exact) mass is 833 g/mol. The van der Waals surface area contributed by atoms with E-state index in [2.05, 4.69) is 20.6 Å². The third-order valence-electron chi connectivity index (χ3n) is 8.87. The van der Waals surface area contributed by atoms with E-state index in [0.29, 0.717) is 22.1 Å². The minimum atomic E-state index is -1.08. The van der Waals surface area contributed by atoms with Crippen LogP contribution in [0.25, 0.3) is 34.1 Å². The van der Waals surface area contributed by atoms with Crippen molar-refractivity contribution < 1.29 is 36.9 Å². The number of carbonyl (C=O) groups is 2. The predicted octanol–water partition coefficient (Wildman–Crippen LogP) is 7.10. The number of carboxylic acids is 2. The first-order valence-electron chi connectivity index (χ1n) is 18.1. The number of nitrogens with one attached hydrogen (secondary N) is 2. The summed E-state index contributed by atoms with van der Waals surface area (Å²) < 4.78 is 4.09. The first-order valence-corrected chi connectivity index (χ1v) is 18.9. The van der Waals surface area contributed by atoms with E-state index in [1.165, 1.54) is 64.2 Å². The van der Waals surface area contributed by atoms with Crippen molar-refractivity contribution in [3.8, 4) is 22.8 Å². The van der Waals surface area contributed by atoms with Crippen LogP contribution in [-0.4, -0.2) is 52.8 Å². The molecule has 0 bridgehead atoms. The smallest absolute Gasteiger partial charge is 0.550 e. The van der Waals surface area contributed by atoms with Crippen molar-refractivity contribution in [2.24, 2.45) is 0 Å². The van der Waals surface area contributed by atoms with Gasteiger partial charge in [0.2, 0.25) is 0 Å². The van der Waals surface area contributed by atoms with E-state index in [9.17, 15) is 0 Å². The molecule has 55 heavy (non-hydrogen) atoms. The molecule has 0 aliphatic heterocycles. The number of carboxylic acid groups (broad SMARTS) is 2. The van der Waals surface area contributed by atoms with E-state index in [-0.39, 0.29) is 17.1 Å². The number of hydrogen-bond donors (Lipinski definition) is 2. The quantitative estimate of drug-likeness (QED) is 0.166. The molecule has 8 rings (SSSR count). The molecular weight excluding hydrogens is 791 g/mol. The Bertz CT molecular complexity index is 1960. The van der Waals surface area contributed by atoms with Gasteiger partial charge in [-0.3, -0.25) is 18.8 Å². The first kappa shape index (κ1) is 43.1. The van der Waals surface area contributed by atoms with Crippen LogP contribution in [0.15, 0.2) is 85.5 Å². The van der Waals surface area contributed by atoms with E-state index in [0.717, 1.165) is 59.6 Å². The van der Waals surface area contributed by atoms with Gasteiger partial charge in [0, 0.05) is 48.8 Å². The maximum atomic E-state index is 8.89. The minimum absolute atomic E-state index is 0. The topological polar surface area (TPSA) is 165 Å². The van der Waals surface area contributed by atoms with Crippen LogP contribution < -0.4 is 20.8 Å². The van der Waals surface area contributed by atoms with Crippen LogP contribution in [0, 0.1) is 0 Å². The Morgan fingerprint density at radius 3 is 1.31 bits per heavy atom. The average molecular weight is 835 g/mol. The van der Waals surface area contributed by atoms with Crippen molar-refractivity contribution in [1.29, 1.82) is 0 Å². The third-order valence-corrected chi connectivity index (χ3v) is 9.32. The number of rotatable bonds is 6. The number of pyridine rings is 4. The molecule has 0 amide bonds. The summed E-state index contributed by atoms with van der Waals surface area (Å²) >= 11 is 12.4. The molecule has 293 valence electrons. The van der Waals surface area contributed by atoms with Crippen molar-refractivity contribution >= 4 is 58.1 Å². The molecule has 15 heteroatoms. The average Bonchev–Trinajstić information content (AvgIpc) is 3.70. The van der Waals surface area contributed by atoms with Crippen LogP contribution in [0.1, 0.15) is 78.1 Å². The molecule has 6 aromatic rings. The van der Waals surface area contributed by atoms with E-state index < -0.39 is 11.9 Å². The number of aromatic nitrogens is 6. The summed E-state index contributed by atoms with van der Waals surface area (Å²) in [6.07, 6.45) is 20.1. The number of nitrogens with zero attached hydrogens (tertiary/aromatic N) is 6. The number of halogens is 2. The van der Waals surface area contributed by atoms with Gasteiger partial charge in [0.1, 0.15) is 34.3 Å². The van der Waals surface area contributed by atoms with Gasteiger partial charge in [0.15, 0.2) is 0 Å². The fourth-order valence-corrected chi connectivity index (χ4v) is 6.88. The Balaban J connectivity index is 0.000000202. The number of imidazole rings is 2. The minimum Gasteiger partial charge on any atom is -0.550 e. The largest absolute Gasteiger partial charge is 2.00 e. The van der Waals surface area contributed by atoms with Crippen LogP contribution in [0.4, 0.5) is 11.6 Å². The van der Waals surface area contributed by atoms with Crippen LogP contribution >= 0.6 is 23.2 Å². The van der Waals surface area contributed by atoms with Crippen molar-refractivity contribution in [2.75, 3.05) is 10.6 Å². The molecule has 12 nitrogen and oxygen atoms in total. The second kappa shape index (κ2) is 21.4. The predicted molar refractivity (Wildman–Crippen MR) is 209 cm³/mol. The van der Waals surface area contributed by atoms with Crippen molar-refractivity contribution in [3.63, 3.8) is 0 Å². The summed E-state index contributed by atoms with van der Waals surface area (Å²) in [6, 6.07) is 20.4. The second-order valence-electron chi connectivity index (χ2n) is 13.1. The molecule has 0 unspecified atom stereocenters. The second-order valence-corrected chi connectivity index (χ2v) is 14.0. The molecule has 0 saturated heterocycles. The molecule has 1 radical (unpaired) electrons.